The summed E-state index contributed by atoms with van der Waals surface area (Å²) >= 11 is 0. The van der Waals surface area contributed by atoms with Crippen LogP contribution in [-0.2, 0) is 0 Å². The van der Waals surface area contributed by atoms with Crippen molar-refractivity contribution in [3.63, 3.8) is 0 Å². The predicted molar refractivity (Wildman–Crippen MR) is 59.4 cm³/mol. The average molecular weight is 190 g/mol. The van der Waals surface area contributed by atoms with Gasteiger partial charge in [-0.05, 0) is 43.7 Å². The maximum atomic E-state index is 4.15. The number of aryl methyl sites for hydroxylation is 1. The van der Waals surface area contributed by atoms with E-state index in [4.69, 9.17) is 0 Å². The monoisotopic (exact) mass is 190 g/mol. The first-order valence-electron chi connectivity index (χ1n) is 5.48. The number of rotatable bonds is 4. The Balaban J connectivity index is 2.04. The van der Waals surface area contributed by atoms with Crippen LogP contribution in [0.4, 0.5) is 5.69 Å². The van der Waals surface area contributed by atoms with Crippen molar-refractivity contribution in [1.82, 2.24) is 4.98 Å². The molecule has 2 nitrogen and oxygen atoms in total. The topological polar surface area (TPSA) is 24.9 Å². The van der Waals surface area contributed by atoms with Crippen LogP contribution in [0.5, 0.6) is 0 Å². The summed E-state index contributed by atoms with van der Waals surface area (Å²) in [4.78, 5) is 4.15. The fourth-order valence-corrected chi connectivity index (χ4v) is 1.87. The second-order valence-corrected chi connectivity index (χ2v) is 4.19. The number of nitrogens with zero attached hydrogens (tertiary/aromatic N) is 1. The van der Waals surface area contributed by atoms with Gasteiger partial charge in [0.15, 0.2) is 0 Å². The summed E-state index contributed by atoms with van der Waals surface area (Å²) in [7, 11) is 0. The van der Waals surface area contributed by atoms with Crippen molar-refractivity contribution in [3.05, 3.63) is 24.0 Å². The molecule has 0 amide bonds. The maximum absolute atomic E-state index is 4.15. The molecule has 0 bridgehead atoms. The number of hydrogen-bond acceptors (Lipinski definition) is 2. The lowest BCUT2D eigenvalue weighted by Gasteiger charge is -2.18. The van der Waals surface area contributed by atoms with Crippen LogP contribution in [0.3, 0.4) is 0 Å². The van der Waals surface area contributed by atoms with Gasteiger partial charge in [0.1, 0.15) is 0 Å². The molecule has 0 aromatic carbocycles. The zero-order chi connectivity index (χ0) is 9.97. The van der Waals surface area contributed by atoms with Gasteiger partial charge in [-0.1, -0.05) is 6.92 Å². The van der Waals surface area contributed by atoms with Gasteiger partial charge in [-0.25, -0.2) is 0 Å². The maximum Gasteiger partial charge on any atom is 0.0558 e. The molecule has 1 heterocycles. The van der Waals surface area contributed by atoms with E-state index in [9.17, 15) is 0 Å². The first-order valence-corrected chi connectivity index (χ1v) is 5.48. The summed E-state index contributed by atoms with van der Waals surface area (Å²) in [6.07, 6.45) is 7.77. The molecule has 2 rings (SSSR count). The summed E-state index contributed by atoms with van der Waals surface area (Å²) in [6.45, 7) is 4.38. The van der Waals surface area contributed by atoms with Crippen LogP contribution in [0.2, 0.25) is 0 Å². The number of hydrogen-bond donors (Lipinski definition) is 1. The van der Waals surface area contributed by atoms with Crippen LogP contribution in [0.1, 0.15) is 31.7 Å². The van der Waals surface area contributed by atoms with Gasteiger partial charge >= 0.3 is 0 Å². The molecule has 14 heavy (non-hydrogen) atoms. The average Bonchev–Trinajstić information content (AvgIpc) is 3.00. The van der Waals surface area contributed by atoms with Crippen LogP contribution in [0.25, 0.3) is 0 Å². The third-order valence-corrected chi connectivity index (χ3v) is 3.01. The van der Waals surface area contributed by atoms with Crippen molar-refractivity contribution in [1.29, 1.82) is 0 Å². The molecular weight excluding hydrogens is 172 g/mol. The van der Waals surface area contributed by atoms with Crippen molar-refractivity contribution in [2.24, 2.45) is 5.92 Å². The highest BCUT2D eigenvalue weighted by atomic mass is 14.9. The molecule has 1 atom stereocenters. The van der Waals surface area contributed by atoms with E-state index in [0.717, 1.165) is 5.92 Å². The lowest BCUT2D eigenvalue weighted by Crippen LogP contribution is -2.21. The normalized spacial score (nSPS) is 17.9. The van der Waals surface area contributed by atoms with Gasteiger partial charge in [-0.15, -0.1) is 0 Å². The Labute approximate surface area is 85.7 Å². The number of nitrogens with one attached hydrogen (secondary N) is 1. The molecule has 76 valence electrons. The molecular formula is C12H18N2. The van der Waals surface area contributed by atoms with Crippen molar-refractivity contribution in [3.8, 4) is 0 Å². The standard InChI is InChI=1S/C12H18N2/c1-3-11(10-4-5-10)14-12-8-13-7-6-9(12)2/h6-8,10-11,14H,3-5H2,1-2H3. The minimum atomic E-state index is 0.651. The van der Waals surface area contributed by atoms with Crippen LogP contribution >= 0.6 is 0 Å². The SMILES string of the molecule is CCC(Nc1cnccc1C)C1CC1. The number of pyridine rings is 1. The Morgan fingerprint density at radius 2 is 2.36 bits per heavy atom. The van der Waals surface area contributed by atoms with E-state index in [-0.39, 0.29) is 0 Å². The van der Waals surface area contributed by atoms with Crippen molar-refractivity contribution in [2.75, 3.05) is 5.32 Å². The molecule has 0 saturated heterocycles. The van der Waals surface area contributed by atoms with Crippen molar-refractivity contribution >= 4 is 5.69 Å². The van der Waals surface area contributed by atoms with E-state index in [0.29, 0.717) is 6.04 Å². The lowest BCUT2D eigenvalue weighted by molar-refractivity contribution is 0.616. The second-order valence-electron chi connectivity index (χ2n) is 4.19. The minimum Gasteiger partial charge on any atom is -0.381 e. The lowest BCUT2D eigenvalue weighted by atomic mass is 10.1. The molecule has 1 aromatic rings. The zero-order valence-corrected chi connectivity index (χ0v) is 8.96. The third-order valence-electron chi connectivity index (χ3n) is 3.01. The third kappa shape index (κ3) is 2.06. The Kier molecular flexibility index (Phi) is 2.71. The van der Waals surface area contributed by atoms with E-state index in [2.05, 4.69) is 30.2 Å². The van der Waals surface area contributed by atoms with Crippen LogP contribution in [0.15, 0.2) is 18.5 Å². The Morgan fingerprint density at radius 1 is 1.57 bits per heavy atom. The minimum absolute atomic E-state index is 0.651. The van der Waals surface area contributed by atoms with Gasteiger partial charge in [0.2, 0.25) is 0 Å². The van der Waals surface area contributed by atoms with Gasteiger partial charge in [0.25, 0.3) is 0 Å². The predicted octanol–water partition coefficient (Wildman–Crippen LogP) is 2.99. The van der Waals surface area contributed by atoms with Gasteiger partial charge in [0, 0.05) is 12.2 Å². The van der Waals surface area contributed by atoms with Crippen LogP contribution < -0.4 is 5.32 Å². The Bertz CT molecular complexity index is 305. The molecule has 1 unspecified atom stereocenters. The van der Waals surface area contributed by atoms with Gasteiger partial charge in [-0.3, -0.25) is 4.98 Å². The molecule has 1 fully saturated rings. The summed E-state index contributed by atoms with van der Waals surface area (Å²) in [6, 6.07) is 2.71. The van der Waals surface area contributed by atoms with E-state index in [1.165, 1.54) is 30.5 Å². The highest BCUT2D eigenvalue weighted by Crippen LogP contribution is 2.35. The Morgan fingerprint density at radius 3 is 2.93 bits per heavy atom. The van der Waals surface area contributed by atoms with E-state index in [1.54, 1.807) is 0 Å². The summed E-state index contributed by atoms with van der Waals surface area (Å²) in [5.74, 6) is 0.902. The molecule has 0 radical (unpaired) electrons. The molecule has 2 heteroatoms. The quantitative estimate of drug-likeness (QED) is 0.789. The summed E-state index contributed by atoms with van der Waals surface area (Å²) < 4.78 is 0. The first-order chi connectivity index (χ1) is 6.81. The van der Waals surface area contributed by atoms with E-state index in [1.807, 2.05) is 12.4 Å². The van der Waals surface area contributed by atoms with Crippen molar-refractivity contribution < 1.29 is 0 Å². The number of anilines is 1. The van der Waals surface area contributed by atoms with Crippen LogP contribution in [-0.4, -0.2) is 11.0 Å². The summed E-state index contributed by atoms with van der Waals surface area (Å²) in [5, 5.41) is 3.60. The highest BCUT2D eigenvalue weighted by molar-refractivity contribution is 5.48. The zero-order valence-electron chi connectivity index (χ0n) is 8.96. The Hall–Kier alpha value is -1.05. The molecule has 0 spiro atoms. The van der Waals surface area contributed by atoms with E-state index >= 15 is 0 Å². The smallest absolute Gasteiger partial charge is 0.0558 e. The van der Waals surface area contributed by atoms with Crippen LogP contribution in [0, 0.1) is 12.8 Å². The van der Waals surface area contributed by atoms with Gasteiger partial charge in [0.05, 0.1) is 11.9 Å². The number of aromatic nitrogens is 1. The fraction of sp³-hybridized carbons (Fsp3) is 0.583. The van der Waals surface area contributed by atoms with Gasteiger partial charge in [-0.2, -0.15) is 0 Å². The molecule has 1 saturated carbocycles. The highest BCUT2D eigenvalue weighted by Gasteiger charge is 2.29. The molecule has 1 N–H and O–H groups in total. The summed E-state index contributed by atoms with van der Waals surface area (Å²) in [5.41, 5.74) is 2.49. The van der Waals surface area contributed by atoms with Crippen molar-refractivity contribution in [2.45, 2.75) is 39.2 Å². The van der Waals surface area contributed by atoms with Gasteiger partial charge < -0.3 is 5.32 Å². The van der Waals surface area contributed by atoms with E-state index < -0.39 is 0 Å². The molecule has 0 aliphatic heterocycles. The largest absolute Gasteiger partial charge is 0.381 e. The second kappa shape index (κ2) is 3.99. The molecule has 1 aromatic heterocycles. The molecule has 1 aliphatic rings. The fourth-order valence-electron chi connectivity index (χ4n) is 1.87. The molecule has 1 aliphatic carbocycles. The first kappa shape index (κ1) is 9.50.